The van der Waals surface area contributed by atoms with Crippen molar-refractivity contribution in [1.29, 1.82) is 0 Å². The molecular formula is C44H43N9O3. The first-order valence-electron chi connectivity index (χ1n) is 18.7. The molecule has 56 heavy (non-hydrogen) atoms. The molecule has 1 aliphatic carbocycles. The normalized spacial score (nSPS) is 16.3. The largest absolute Gasteiger partial charge is 0.378 e. The number of hydrogen-bond donors (Lipinski definition) is 0. The predicted molar refractivity (Wildman–Crippen MR) is 214 cm³/mol. The number of benzene rings is 2. The zero-order valence-corrected chi connectivity index (χ0v) is 32.6. The van der Waals surface area contributed by atoms with E-state index < -0.39 is 10.8 Å². The molecule has 2 aliphatic heterocycles. The van der Waals surface area contributed by atoms with Crippen LogP contribution >= 0.6 is 0 Å². The van der Waals surface area contributed by atoms with Crippen molar-refractivity contribution in [2.24, 2.45) is 0 Å². The summed E-state index contributed by atoms with van der Waals surface area (Å²) in [5.41, 5.74) is 9.00. The number of ether oxygens (including phenoxy) is 1. The van der Waals surface area contributed by atoms with Crippen molar-refractivity contribution < 1.29 is 14.3 Å². The summed E-state index contributed by atoms with van der Waals surface area (Å²) in [7, 11) is 1.63. The van der Waals surface area contributed by atoms with Gasteiger partial charge in [-0.05, 0) is 118 Å². The molecule has 0 spiro atoms. The molecule has 2 aromatic carbocycles. The molecule has 0 N–H and O–H groups in total. The van der Waals surface area contributed by atoms with Crippen LogP contribution in [0.25, 0.3) is 22.3 Å². The van der Waals surface area contributed by atoms with Crippen LogP contribution in [0.4, 0.5) is 22.9 Å². The number of nitrogens with zero attached hydrogens (tertiary/aromatic N) is 9. The van der Waals surface area contributed by atoms with E-state index in [4.69, 9.17) is 4.74 Å². The van der Waals surface area contributed by atoms with Crippen molar-refractivity contribution in [1.82, 2.24) is 35.1 Å². The molecule has 4 aromatic heterocycles. The summed E-state index contributed by atoms with van der Waals surface area (Å²) in [6.45, 7) is 12.0. The summed E-state index contributed by atoms with van der Waals surface area (Å²) in [4.78, 5) is 51.6. The monoisotopic (exact) mass is 745 g/mol. The second-order valence-electron chi connectivity index (χ2n) is 15.6. The maximum Gasteiger partial charge on any atom is 0.242 e. The quantitative estimate of drug-likeness (QED) is 0.158. The molecule has 6 aromatic rings. The molecular weight excluding hydrogens is 703 g/mol. The summed E-state index contributed by atoms with van der Waals surface area (Å²) in [5.74, 6) is 2.65. The zero-order chi connectivity index (χ0) is 39.4. The fraction of sp³-hybridized carbons (Fsp3) is 0.295. The Morgan fingerprint density at radius 1 is 0.643 bits per heavy atom. The average Bonchev–Trinajstić information content (AvgIpc) is 4.00. The van der Waals surface area contributed by atoms with Gasteiger partial charge in [-0.25, -0.2) is 19.9 Å². The van der Waals surface area contributed by atoms with Crippen LogP contribution in [0.3, 0.4) is 0 Å². The topological polar surface area (TPSA) is 140 Å². The number of hydrogen-bond acceptors (Lipinski definition) is 10. The van der Waals surface area contributed by atoms with Crippen LogP contribution in [-0.4, -0.2) is 54.0 Å². The van der Waals surface area contributed by atoms with Crippen LogP contribution < -0.4 is 9.80 Å². The Hall–Kier alpha value is -6.27. The number of rotatable bonds is 7. The van der Waals surface area contributed by atoms with Gasteiger partial charge in [0, 0.05) is 43.0 Å². The molecule has 1 saturated carbocycles. The SMILES string of the molecule is COCc1ccc(N2C(=O)C(C)(C)c3ccc(-c4cnc(C)nc4)cc32)cn1.Cc1ncc(-c2ccc3c(c2)N(c2cc(C4CC4)cnn2)C(=O)C3(C)C)cn1. The van der Waals surface area contributed by atoms with Crippen molar-refractivity contribution >= 4 is 34.7 Å². The lowest BCUT2D eigenvalue weighted by atomic mass is 9.85. The van der Waals surface area contributed by atoms with Gasteiger partial charge in [0.15, 0.2) is 5.82 Å². The first-order chi connectivity index (χ1) is 26.9. The highest BCUT2D eigenvalue weighted by Crippen LogP contribution is 2.48. The van der Waals surface area contributed by atoms with Gasteiger partial charge in [-0.3, -0.25) is 24.4 Å². The Bertz CT molecular complexity index is 2460. The molecule has 0 atom stereocenters. The minimum Gasteiger partial charge on any atom is -0.378 e. The van der Waals surface area contributed by atoms with Gasteiger partial charge in [-0.15, -0.1) is 5.10 Å². The third kappa shape index (κ3) is 6.59. The maximum absolute atomic E-state index is 13.3. The first kappa shape index (κ1) is 36.7. The molecule has 2 amide bonds. The van der Waals surface area contributed by atoms with E-state index in [-0.39, 0.29) is 11.8 Å². The van der Waals surface area contributed by atoms with Crippen molar-refractivity contribution in [3.63, 3.8) is 0 Å². The first-order valence-corrected chi connectivity index (χ1v) is 18.7. The Labute approximate surface area is 326 Å². The lowest BCUT2D eigenvalue weighted by Gasteiger charge is -2.20. The molecule has 0 saturated heterocycles. The summed E-state index contributed by atoms with van der Waals surface area (Å²) in [5, 5.41) is 8.46. The van der Waals surface area contributed by atoms with E-state index in [1.54, 1.807) is 35.5 Å². The van der Waals surface area contributed by atoms with E-state index in [1.165, 1.54) is 12.8 Å². The van der Waals surface area contributed by atoms with Crippen molar-refractivity contribution in [2.75, 3.05) is 16.9 Å². The predicted octanol–water partition coefficient (Wildman–Crippen LogP) is 8.02. The number of methoxy groups -OCH3 is 1. The minimum atomic E-state index is -0.616. The zero-order valence-electron chi connectivity index (χ0n) is 32.6. The Morgan fingerprint density at radius 2 is 1.18 bits per heavy atom. The Kier molecular flexibility index (Phi) is 9.24. The molecule has 9 rings (SSSR count). The smallest absolute Gasteiger partial charge is 0.242 e. The number of aromatic nitrogens is 7. The van der Waals surface area contributed by atoms with E-state index in [0.717, 1.165) is 73.3 Å². The number of carbonyl (C=O) groups excluding carboxylic acids is 2. The van der Waals surface area contributed by atoms with Gasteiger partial charge in [0.05, 0.1) is 52.6 Å². The summed E-state index contributed by atoms with van der Waals surface area (Å²) >= 11 is 0. The second-order valence-corrected chi connectivity index (χ2v) is 15.6. The summed E-state index contributed by atoms with van der Waals surface area (Å²) in [6, 6.07) is 18.0. The standard InChI is InChI=1S/C22H21N5O.C22H22N4O2/c1-13-23-10-17(11-24-13)15-6-7-18-19(8-15)27(21(28)22(18,2)3)20-9-16(12-25-26-20)14-4-5-14;1-14-23-10-16(11-24-14)15-5-8-19-20(9-15)26(21(27)22(19,2)3)18-7-6-17(13-28-4)25-12-18/h6-12,14H,4-5H2,1-3H3;5-12H,13H2,1-4H3. The van der Waals surface area contributed by atoms with Crippen LogP contribution in [0.15, 0.2) is 91.8 Å². The van der Waals surface area contributed by atoms with Crippen molar-refractivity contribution in [3.05, 3.63) is 126 Å². The third-order valence-electron chi connectivity index (χ3n) is 10.8. The molecule has 282 valence electrons. The molecule has 0 radical (unpaired) electrons. The molecule has 0 bridgehead atoms. The maximum atomic E-state index is 13.3. The van der Waals surface area contributed by atoms with Gasteiger partial charge in [-0.2, -0.15) is 5.10 Å². The van der Waals surface area contributed by atoms with E-state index in [2.05, 4.69) is 35.1 Å². The van der Waals surface area contributed by atoms with Crippen molar-refractivity contribution in [3.8, 4) is 22.3 Å². The lowest BCUT2D eigenvalue weighted by Crippen LogP contribution is -2.33. The highest BCUT2D eigenvalue weighted by Gasteiger charge is 2.46. The van der Waals surface area contributed by atoms with Gasteiger partial charge in [0.25, 0.3) is 0 Å². The van der Waals surface area contributed by atoms with Gasteiger partial charge in [0.1, 0.15) is 11.6 Å². The van der Waals surface area contributed by atoms with E-state index in [1.807, 2.05) is 115 Å². The van der Waals surface area contributed by atoms with Crippen LogP contribution in [0.5, 0.6) is 0 Å². The van der Waals surface area contributed by atoms with Crippen molar-refractivity contribution in [2.45, 2.75) is 77.7 Å². The van der Waals surface area contributed by atoms with Crippen LogP contribution in [0.2, 0.25) is 0 Å². The number of fused-ring (bicyclic) bond motifs is 2. The van der Waals surface area contributed by atoms with Gasteiger partial charge < -0.3 is 4.74 Å². The third-order valence-corrected chi connectivity index (χ3v) is 10.8. The van der Waals surface area contributed by atoms with Crippen LogP contribution in [-0.2, 0) is 31.8 Å². The molecule has 0 unspecified atom stereocenters. The molecule has 6 heterocycles. The highest BCUT2D eigenvalue weighted by atomic mass is 16.5. The molecule has 1 fully saturated rings. The number of amides is 2. The number of anilines is 4. The van der Waals surface area contributed by atoms with E-state index >= 15 is 0 Å². The van der Waals surface area contributed by atoms with E-state index in [0.29, 0.717) is 18.3 Å². The molecule has 12 heteroatoms. The highest BCUT2D eigenvalue weighted by molar-refractivity contribution is 6.13. The number of pyridine rings is 1. The minimum absolute atomic E-state index is 0.0158. The fourth-order valence-corrected chi connectivity index (χ4v) is 7.33. The fourth-order valence-electron chi connectivity index (χ4n) is 7.33. The van der Waals surface area contributed by atoms with Crippen LogP contribution in [0.1, 0.15) is 80.5 Å². The lowest BCUT2D eigenvalue weighted by molar-refractivity contribution is -0.122. The summed E-state index contributed by atoms with van der Waals surface area (Å²) in [6.07, 6.45) is 13.1. The number of carbonyl (C=O) groups is 2. The van der Waals surface area contributed by atoms with Gasteiger partial charge in [0.2, 0.25) is 11.8 Å². The van der Waals surface area contributed by atoms with Gasteiger partial charge >= 0.3 is 0 Å². The Morgan fingerprint density at radius 3 is 1.68 bits per heavy atom. The average molecular weight is 746 g/mol. The number of aryl methyl sites for hydroxylation is 2. The molecule has 12 nitrogen and oxygen atoms in total. The Balaban J connectivity index is 0.000000157. The second kappa shape index (κ2) is 14.1. The molecule has 3 aliphatic rings. The summed E-state index contributed by atoms with van der Waals surface area (Å²) < 4.78 is 5.12. The van der Waals surface area contributed by atoms with Crippen LogP contribution in [0, 0.1) is 13.8 Å². The van der Waals surface area contributed by atoms with E-state index in [9.17, 15) is 9.59 Å². The van der Waals surface area contributed by atoms with Gasteiger partial charge in [-0.1, -0.05) is 24.3 Å².